The summed E-state index contributed by atoms with van der Waals surface area (Å²) in [6.45, 7) is 0. The van der Waals surface area contributed by atoms with Crippen LogP contribution in [0.3, 0.4) is 0 Å². The van der Waals surface area contributed by atoms with Gasteiger partial charge in [-0.2, -0.15) is 0 Å². The number of thiophene rings is 1. The van der Waals surface area contributed by atoms with Crippen LogP contribution in [0.5, 0.6) is 0 Å². The van der Waals surface area contributed by atoms with E-state index in [4.69, 9.17) is 11.6 Å². The monoisotopic (exact) mass is 385 g/mol. The average molecular weight is 386 g/mol. The number of carbonyl (C=O) groups excluding carboxylic acids is 1. The molecule has 3 aromatic rings. The number of benzene rings is 2. The lowest BCUT2D eigenvalue weighted by molar-refractivity contribution is -0.116. The van der Waals surface area contributed by atoms with Crippen LogP contribution >= 0.6 is 34.7 Å². The van der Waals surface area contributed by atoms with Crippen molar-refractivity contribution in [3.63, 3.8) is 0 Å². The molecule has 0 spiro atoms. The maximum absolute atomic E-state index is 12.3. The predicted octanol–water partition coefficient (Wildman–Crippen LogP) is 6.26. The summed E-state index contributed by atoms with van der Waals surface area (Å²) in [5.74, 6) is 0.186. The molecular weight excluding hydrogens is 370 g/mol. The number of carbonyl (C=O) groups is 1. The lowest BCUT2D eigenvalue weighted by Crippen LogP contribution is -2.22. The molecule has 1 aliphatic rings. The van der Waals surface area contributed by atoms with Gasteiger partial charge in [0.2, 0.25) is 5.91 Å². The molecule has 4 rings (SSSR count). The van der Waals surface area contributed by atoms with Gasteiger partial charge in [0.25, 0.3) is 0 Å². The molecule has 2 aromatic carbocycles. The Balaban J connectivity index is 1.76. The summed E-state index contributed by atoms with van der Waals surface area (Å²) in [5.41, 5.74) is 4.27. The first-order chi connectivity index (χ1) is 12.2. The Kier molecular flexibility index (Phi) is 4.59. The second-order valence-electron chi connectivity index (χ2n) is 5.97. The topological polar surface area (TPSA) is 29.1 Å². The van der Waals surface area contributed by atoms with Gasteiger partial charge in [0.05, 0.1) is 5.69 Å². The lowest BCUT2D eigenvalue weighted by atomic mass is 9.89. The van der Waals surface area contributed by atoms with Crippen molar-refractivity contribution in [1.82, 2.24) is 0 Å². The number of halogens is 1. The van der Waals surface area contributed by atoms with E-state index in [9.17, 15) is 4.79 Å². The Hall–Kier alpha value is -1.75. The van der Waals surface area contributed by atoms with Crippen molar-refractivity contribution in [2.24, 2.45) is 0 Å². The fourth-order valence-corrected chi connectivity index (χ4v) is 4.87. The Bertz CT molecular complexity index is 916. The molecule has 0 fully saturated rings. The summed E-state index contributed by atoms with van der Waals surface area (Å²) in [7, 11) is 0. The third-order valence-electron chi connectivity index (χ3n) is 4.46. The van der Waals surface area contributed by atoms with Gasteiger partial charge in [-0.25, -0.2) is 0 Å². The number of hydrogen-bond donors (Lipinski definition) is 1. The van der Waals surface area contributed by atoms with Crippen molar-refractivity contribution in [1.29, 1.82) is 0 Å². The zero-order valence-corrected chi connectivity index (χ0v) is 16.0. The van der Waals surface area contributed by atoms with Gasteiger partial charge < -0.3 is 5.32 Å². The van der Waals surface area contributed by atoms with E-state index in [-0.39, 0.29) is 11.8 Å². The van der Waals surface area contributed by atoms with E-state index in [1.807, 2.05) is 24.3 Å². The summed E-state index contributed by atoms with van der Waals surface area (Å²) in [5, 5.41) is 5.92. The van der Waals surface area contributed by atoms with Crippen LogP contribution in [-0.4, -0.2) is 12.2 Å². The first kappa shape index (κ1) is 16.7. The van der Waals surface area contributed by atoms with Crippen LogP contribution in [0.4, 0.5) is 5.69 Å². The average Bonchev–Trinajstić information content (AvgIpc) is 3.05. The third-order valence-corrected chi connectivity index (χ3v) is 6.55. The van der Waals surface area contributed by atoms with Gasteiger partial charge in [0, 0.05) is 38.1 Å². The molecule has 5 heteroatoms. The van der Waals surface area contributed by atoms with E-state index < -0.39 is 0 Å². The second kappa shape index (κ2) is 6.87. The van der Waals surface area contributed by atoms with Crippen molar-refractivity contribution in [3.05, 3.63) is 69.4 Å². The summed E-state index contributed by atoms with van der Waals surface area (Å²) < 4.78 is 0. The van der Waals surface area contributed by atoms with E-state index in [1.54, 1.807) is 23.1 Å². The standard InChI is InChI=1S/C20H16ClNOS2/c1-24-15-8-4-12(5-9-15)16-10-18(23)22-19-17(11-25-20(16)19)13-2-6-14(21)7-3-13/h2-9,11,16H,10H2,1H3,(H,22,23). The molecule has 0 saturated heterocycles. The minimum Gasteiger partial charge on any atom is -0.325 e. The molecule has 1 atom stereocenters. The first-order valence-corrected chi connectivity index (χ1v) is 10.4. The summed E-state index contributed by atoms with van der Waals surface area (Å²) >= 11 is 9.44. The van der Waals surface area contributed by atoms with Crippen LogP contribution in [0.2, 0.25) is 5.02 Å². The van der Waals surface area contributed by atoms with E-state index in [2.05, 4.69) is 41.2 Å². The fraction of sp³-hybridized carbons (Fsp3) is 0.150. The van der Waals surface area contributed by atoms with Crippen LogP contribution in [-0.2, 0) is 4.79 Å². The van der Waals surface area contributed by atoms with Gasteiger partial charge in [0.15, 0.2) is 0 Å². The van der Waals surface area contributed by atoms with Gasteiger partial charge in [-0.15, -0.1) is 23.1 Å². The maximum Gasteiger partial charge on any atom is 0.225 e. The van der Waals surface area contributed by atoms with Crippen LogP contribution in [0, 0.1) is 0 Å². The summed E-state index contributed by atoms with van der Waals surface area (Å²) in [6.07, 6.45) is 2.56. The molecule has 1 aromatic heterocycles. The number of thioether (sulfide) groups is 1. The normalized spacial score (nSPS) is 16.4. The van der Waals surface area contributed by atoms with Gasteiger partial charge >= 0.3 is 0 Å². The zero-order valence-electron chi connectivity index (χ0n) is 13.6. The zero-order chi connectivity index (χ0) is 17.4. The molecule has 1 aliphatic heterocycles. The van der Waals surface area contributed by atoms with Gasteiger partial charge in [-0.05, 0) is 41.6 Å². The Morgan fingerprint density at radius 1 is 1.12 bits per heavy atom. The van der Waals surface area contributed by atoms with Gasteiger partial charge in [0.1, 0.15) is 0 Å². The van der Waals surface area contributed by atoms with E-state index in [0.717, 1.165) is 16.8 Å². The number of hydrogen-bond acceptors (Lipinski definition) is 3. The van der Waals surface area contributed by atoms with E-state index in [0.29, 0.717) is 11.4 Å². The quantitative estimate of drug-likeness (QED) is 0.538. The Labute approximate surface area is 160 Å². The first-order valence-electron chi connectivity index (χ1n) is 7.97. The molecule has 2 nitrogen and oxygen atoms in total. The molecule has 1 amide bonds. The van der Waals surface area contributed by atoms with Crippen molar-refractivity contribution < 1.29 is 4.79 Å². The molecule has 0 bridgehead atoms. The Morgan fingerprint density at radius 3 is 2.52 bits per heavy atom. The fourth-order valence-electron chi connectivity index (χ4n) is 3.17. The highest BCUT2D eigenvalue weighted by molar-refractivity contribution is 7.98. The van der Waals surface area contributed by atoms with Gasteiger partial charge in [-0.1, -0.05) is 35.9 Å². The highest BCUT2D eigenvalue weighted by atomic mass is 35.5. The third kappa shape index (κ3) is 3.22. The van der Waals surface area contributed by atoms with Crippen molar-refractivity contribution in [3.8, 4) is 11.1 Å². The molecule has 1 unspecified atom stereocenters. The van der Waals surface area contributed by atoms with Crippen LogP contribution in [0.15, 0.2) is 58.8 Å². The minimum absolute atomic E-state index is 0.0695. The van der Waals surface area contributed by atoms with Crippen molar-refractivity contribution in [2.45, 2.75) is 17.2 Å². The van der Waals surface area contributed by atoms with Crippen LogP contribution in [0.25, 0.3) is 11.1 Å². The number of anilines is 1. The number of rotatable bonds is 3. The highest BCUT2D eigenvalue weighted by Gasteiger charge is 2.30. The number of nitrogens with one attached hydrogen (secondary N) is 1. The highest BCUT2D eigenvalue weighted by Crippen LogP contribution is 2.46. The van der Waals surface area contributed by atoms with E-state index in [1.165, 1.54) is 15.3 Å². The second-order valence-corrected chi connectivity index (χ2v) is 8.20. The number of amides is 1. The van der Waals surface area contributed by atoms with Gasteiger partial charge in [-0.3, -0.25) is 4.79 Å². The van der Waals surface area contributed by atoms with Crippen molar-refractivity contribution >= 4 is 46.3 Å². The molecule has 0 radical (unpaired) electrons. The smallest absolute Gasteiger partial charge is 0.225 e. The Morgan fingerprint density at radius 2 is 1.84 bits per heavy atom. The molecule has 25 heavy (non-hydrogen) atoms. The number of fused-ring (bicyclic) bond motifs is 1. The molecule has 0 saturated carbocycles. The molecule has 126 valence electrons. The van der Waals surface area contributed by atoms with Crippen LogP contribution in [0.1, 0.15) is 22.8 Å². The minimum atomic E-state index is 0.0695. The molecule has 1 N–H and O–H groups in total. The SMILES string of the molecule is CSc1ccc(C2CC(=O)Nc3c(-c4ccc(Cl)cc4)csc32)cc1. The predicted molar refractivity (Wildman–Crippen MR) is 108 cm³/mol. The lowest BCUT2D eigenvalue weighted by Gasteiger charge is -2.24. The van der Waals surface area contributed by atoms with Crippen LogP contribution < -0.4 is 5.32 Å². The largest absolute Gasteiger partial charge is 0.325 e. The van der Waals surface area contributed by atoms with Crippen molar-refractivity contribution in [2.75, 3.05) is 11.6 Å². The molecular formula is C20H16ClNOS2. The maximum atomic E-state index is 12.3. The van der Waals surface area contributed by atoms with E-state index >= 15 is 0 Å². The molecule has 0 aliphatic carbocycles. The molecule has 2 heterocycles. The summed E-state index contributed by atoms with van der Waals surface area (Å²) in [4.78, 5) is 14.8. The summed E-state index contributed by atoms with van der Waals surface area (Å²) in [6, 6.07) is 16.3.